The molecule has 0 heterocycles. The lowest BCUT2D eigenvalue weighted by atomic mass is 10.1. The molecule has 8 nitrogen and oxygen atoms in total. The van der Waals surface area contributed by atoms with Gasteiger partial charge in [0.25, 0.3) is 0 Å². The van der Waals surface area contributed by atoms with Crippen LogP contribution in [-0.4, -0.2) is 57.6 Å². The van der Waals surface area contributed by atoms with Crippen LogP contribution in [0.15, 0.2) is 34.9 Å². The Morgan fingerprint density at radius 2 is 1.32 bits per heavy atom. The highest BCUT2D eigenvalue weighted by molar-refractivity contribution is 7.99. The van der Waals surface area contributed by atoms with E-state index in [0.29, 0.717) is 5.75 Å². The van der Waals surface area contributed by atoms with Crippen molar-refractivity contribution >= 4 is 35.5 Å². The van der Waals surface area contributed by atoms with Crippen molar-refractivity contribution in [3.8, 4) is 0 Å². The summed E-state index contributed by atoms with van der Waals surface area (Å²) in [6, 6.07) is -2.55. The second kappa shape index (κ2) is 18.8. The maximum Gasteiger partial charge on any atom is 0.327 e. The summed E-state index contributed by atoms with van der Waals surface area (Å²) < 4.78 is 0. The van der Waals surface area contributed by atoms with Crippen LogP contribution in [0.5, 0.6) is 0 Å². The Hall–Kier alpha value is -2.55. The van der Waals surface area contributed by atoms with E-state index in [0.717, 1.165) is 32.6 Å². The van der Waals surface area contributed by atoms with Gasteiger partial charge in [-0.3, -0.25) is 9.59 Å². The van der Waals surface area contributed by atoms with E-state index in [1.807, 2.05) is 6.92 Å². The second-order valence-electron chi connectivity index (χ2n) is 8.25. The van der Waals surface area contributed by atoms with Gasteiger partial charge in [0.05, 0.1) is 6.42 Å². The molecule has 2 amide bonds. The summed E-state index contributed by atoms with van der Waals surface area (Å²) in [5.41, 5.74) is 3.92. The van der Waals surface area contributed by atoms with Gasteiger partial charge in [-0.25, -0.2) is 9.59 Å². The van der Waals surface area contributed by atoms with Crippen molar-refractivity contribution in [1.82, 2.24) is 10.6 Å². The lowest BCUT2D eigenvalue weighted by molar-refractivity contribution is -0.144. The van der Waals surface area contributed by atoms with E-state index >= 15 is 0 Å². The number of amides is 2. The van der Waals surface area contributed by atoms with Gasteiger partial charge in [-0.1, -0.05) is 42.4 Å². The molecule has 0 aliphatic carbocycles. The zero-order valence-electron chi connectivity index (χ0n) is 20.3. The van der Waals surface area contributed by atoms with E-state index in [4.69, 9.17) is 5.11 Å². The highest BCUT2D eigenvalue weighted by Crippen LogP contribution is 2.13. The molecule has 0 fully saturated rings. The van der Waals surface area contributed by atoms with Gasteiger partial charge in [0.15, 0.2) is 0 Å². The van der Waals surface area contributed by atoms with Crippen molar-refractivity contribution in [2.24, 2.45) is 0 Å². The number of nitrogens with one attached hydrogen (secondary N) is 2. The van der Waals surface area contributed by atoms with Gasteiger partial charge >= 0.3 is 11.9 Å². The number of carboxylic acid groups (broad SMARTS) is 2. The summed E-state index contributed by atoms with van der Waals surface area (Å²) in [6.07, 6.45) is 10.0. The van der Waals surface area contributed by atoms with E-state index in [1.165, 1.54) is 28.5 Å². The molecular formula is C25H42N2O6S. The fraction of sp³-hybridized carbons (Fsp3) is 0.600. The smallest absolute Gasteiger partial charge is 0.327 e. The van der Waals surface area contributed by atoms with Gasteiger partial charge in [0, 0.05) is 18.4 Å². The van der Waals surface area contributed by atoms with Gasteiger partial charge in [0.1, 0.15) is 12.1 Å². The average Bonchev–Trinajstić information content (AvgIpc) is 2.68. The highest BCUT2D eigenvalue weighted by atomic mass is 32.2. The SMILES string of the molecule is C.CC(=O)NC(CC(=O)N[C@@H](CSC/C=C(\C)CC/C=C(\C)CCC=C(C)C)C(=O)O)C(=O)O. The minimum Gasteiger partial charge on any atom is -0.480 e. The van der Waals surface area contributed by atoms with Crippen molar-refractivity contribution in [3.05, 3.63) is 34.9 Å². The largest absolute Gasteiger partial charge is 0.480 e. The summed E-state index contributed by atoms with van der Waals surface area (Å²) in [5, 5.41) is 22.9. The van der Waals surface area contributed by atoms with Gasteiger partial charge in [0.2, 0.25) is 11.8 Å². The van der Waals surface area contributed by atoms with Crippen LogP contribution in [0.1, 0.15) is 74.1 Å². The molecule has 34 heavy (non-hydrogen) atoms. The average molecular weight is 499 g/mol. The normalized spacial score (nSPS) is 13.2. The zero-order valence-corrected chi connectivity index (χ0v) is 21.1. The number of carbonyl (C=O) groups excluding carboxylic acids is 2. The molecular weight excluding hydrogens is 456 g/mol. The molecule has 4 N–H and O–H groups in total. The molecule has 0 aliphatic heterocycles. The third-order valence-corrected chi connectivity index (χ3v) is 5.63. The molecule has 0 radical (unpaired) electrons. The highest BCUT2D eigenvalue weighted by Gasteiger charge is 2.25. The van der Waals surface area contributed by atoms with Gasteiger partial charge in [-0.05, 0) is 53.4 Å². The third kappa shape index (κ3) is 17.9. The van der Waals surface area contributed by atoms with Crippen LogP contribution in [0.2, 0.25) is 0 Å². The fourth-order valence-corrected chi connectivity index (χ4v) is 3.78. The van der Waals surface area contributed by atoms with E-state index in [9.17, 15) is 24.3 Å². The lowest BCUT2D eigenvalue weighted by Gasteiger charge is -2.17. The minimum absolute atomic E-state index is 0. The van der Waals surface area contributed by atoms with Crippen molar-refractivity contribution in [1.29, 1.82) is 0 Å². The number of thioether (sulfide) groups is 1. The number of hydrogen-bond acceptors (Lipinski definition) is 5. The van der Waals surface area contributed by atoms with Crippen molar-refractivity contribution in [3.63, 3.8) is 0 Å². The lowest BCUT2D eigenvalue weighted by Crippen LogP contribution is -2.47. The molecule has 0 aliphatic rings. The molecule has 0 spiro atoms. The zero-order chi connectivity index (χ0) is 25.4. The van der Waals surface area contributed by atoms with Gasteiger partial charge < -0.3 is 20.8 Å². The van der Waals surface area contributed by atoms with Crippen molar-refractivity contribution in [2.45, 2.75) is 86.2 Å². The predicted octanol–water partition coefficient (Wildman–Crippen LogP) is 4.32. The Bertz CT molecular complexity index is 769. The van der Waals surface area contributed by atoms with Crippen LogP contribution in [0.4, 0.5) is 0 Å². The number of carbonyl (C=O) groups is 4. The van der Waals surface area contributed by atoms with E-state index < -0.39 is 42.3 Å². The summed E-state index contributed by atoms with van der Waals surface area (Å²) in [4.78, 5) is 45.7. The molecule has 0 aromatic rings. The molecule has 0 bridgehead atoms. The van der Waals surface area contributed by atoms with E-state index in [-0.39, 0.29) is 13.2 Å². The number of rotatable bonds is 16. The first-order chi connectivity index (χ1) is 15.4. The quantitative estimate of drug-likeness (QED) is 0.184. The van der Waals surface area contributed by atoms with Crippen LogP contribution in [0, 0.1) is 0 Å². The van der Waals surface area contributed by atoms with E-state index in [1.54, 1.807) is 0 Å². The molecule has 0 saturated heterocycles. The number of carboxylic acids is 2. The molecule has 0 rings (SSSR count). The number of allylic oxidation sites excluding steroid dienone is 5. The number of hydrogen-bond donors (Lipinski definition) is 4. The first-order valence-corrected chi connectivity index (χ1v) is 12.1. The Balaban J connectivity index is 0. The molecule has 0 aromatic carbocycles. The minimum atomic E-state index is -1.40. The predicted molar refractivity (Wildman–Crippen MR) is 139 cm³/mol. The van der Waals surface area contributed by atoms with Crippen LogP contribution in [-0.2, 0) is 19.2 Å². The Morgan fingerprint density at radius 3 is 1.82 bits per heavy atom. The number of aliphatic carboxylic acids is 2. The standard InChI is InChI=1S/C24H38N2O6S.CH4/c1-16(2)8-6-9-17(3)10-7-11-18(4)12-13-33-15-21(24(31)32)26-22(28)14-20(23(29)30)25-19(5)27;/h8,10,12,20-21H,6-7,9,11,13-15H2,1-5H3,(H,25,27)(H,26,28)(H,29,30)(H,31,32);1H4/b17-10+,18-12+;/t20?,21-;/m0./s1. The topological polar surface area (TPSA) is 133 Å². The monoisotopic (exact) mass is 498 g/mol. The van der Waals surface area contributed by atoms with Gasteiger partial charge in [-0.2, -0.15) is 11.8 Å². The molecule has 1 unspecified atom stereocenters. The maximum absolute atomic E-state index is 12.0. The summed E-state index contributed by atoms with van der Waals surface area (Å²) in [6.45, 7) is 9.52. The van der Waals surface area contributed by atoms with Gasteiger partial charge in [-0.15, -0.1) is 0 Å². The Kier molecular flexibility index (Phi) is 18.6. The maximum atomic E-state index is 12.0. The Morgan fingerprint density at radius 1 is 0.794 bits per heavy atom. The fourth-order valence-electron chi connectivity index (χ4n) is 2.78. The molecule has 2 atom stereocenters. The van der Waals surface area contributed by atoms with Crippen LogP contribution in [0.25, 0.3) is 0 Å². The molecule has 9 heteroatoms. The van der Waals surface area contributed by atoms with E-state index in [2.05, 4.69) is 49.6 Å². The van der Waals surface area contributed by atoms with Crippen molar-refractivity contribution in [2.75, 3.05) is 11.5 Å². The van der Waals surface area contributed by atoms with Crippen LogP contribution in [0.3, 0.4) is 0 Å². The van der Waals surface area contributed by atoms with Crippen LogP contribution < -0.4 is 10.6 Å². The first kappa shape index (κ1) is 33.6. The summed E-state index contributed by atoms with van der Waals surface area (Å²) in [5.74, 6) is -3.14. The Labute approximate surface area is 208 Å². The van der Waals surface area contributed by atoms with Crippen molar-refractivity contribution < 1.29 is 29.4 Å². The summed E-state index contributed by atoms with van der Waals surface area (Å²) >= 11 is 1.37. The molecule has 194 valence electrons. The molecule has 0 aromatic heterocycles. The molecule has 0 saturated carbocycles. The first-order valence-electron chi connectivity index (χ1n) is 11.0. The van der Waals surface area contributed by atoms with Crippen LogP contribution >= 0.6 is 11.8 Å². The summed E-state index contributed by atoms with van der Waals surface area (Å²) in [7, 11) is 0. The third-order valence-electron chi connectivity index (χ3n) is 4.66. The second-order valence-corrected chi connectivity index (χ2v) is 9.33.